The standard InChI is InChI=1S/C7H13NO4.C5H14NO/c1-2-4(8)3-5(6(9)10)7(11)12;1-6(2,3)4-5-7/h4-5H,2-3,8H2,1H3,(H,9,10)(H,11,12);7H,4-5H2,1-3H3/q;+1. The van der Waals surface area contributed by atoms with Crippen molar-refractivity contribution >= 4 is 11.9 Å². The molecule has 1 atom stereocenters. The van der Waals surface area contributed by atoms with E-state index in [2.05, 4.69) is 21.1 Å². The molecule has 0 aromatic rings. The second kappa shape index (κ2) is 9.71. The fourth-order valence-electron chi connectivity index (χ4n) is 1.08. The van der Waals surface area contributed by atoms with Gasteiger partial charge >= 0.3 is 11.9 Å². The number of rotatable bonds is 7. The number of aliphatic hydroxyl groups excluding tert-OH is 1. The molecule has 7 heteroatoms. The van der Waals surface area contributed by atoms with Crippen molar-refractivity contribution in [3.8, 4) is 0 Å². The van der Waals surface area contributed by atoms with Crippen molar-refractivity contribution in [3.05, 3.63) is 0 Å². The van der Waals surface area contributed by atoms with Crippen LogP contribution in [0.4, 0.5) is 0 Å². The fourth-order valence-corrected chi connectivity index (χ4v) is 1.08. The fraction of sp³-hybridized carbons (Fsp3) is 0.833. The Morgan fingerprint density at radius 3 is 1.74 bits per heavy atom. The second-order valence-electron chi connectivity index (χ2n) is 5.37. The van der Waals surface area contributed by atoms with Gasteiger partial charge in [0.1, 0.15) is 6.54 Å². The predicted octanol–water partition coefficient (Wildman–Crippen LogP) is -0.416. The summed E-state index contributed by atoms with van der Waals surface area (Å²) in [7, 11) is 6.16. The number of aliphatic hydroxyl groups is 1. The van der Waals surface area contributed by atoms with Crippen LogP contribution in [-0.2, 0) is 9.59 Å². The summed E-state index contributed by atoms with van der Waals surface area (Å²) in [5, 5.41) is 25.3. The molecule has 5 N–H and O–H groups in total. The van der Waals surface area contributed by atoms with Crippen LogP contribution >= 0.6 is 0 Å². The summed E-state index contributed by atoms with van der Waals surface area (Å²) in [6.45, 7) is 2.90. The number of aliphatic carboxylic acids is 2. The molecule has 0 aliphatic carbocycles. The third kappa shape index (κ3) is 13.1. The lowest BCUT2D eigenvalue weighted by Gasteiger charge is -2.21. The number of nitrogens with two attached hydrogens (primary N) is 1. The van der Waals surface area contributed by atoms with E-state index in [9.17, 15) is 9.59 Å². The van der Waals surface area contributed by atoms with Crippen LogP contribution in [0.2, 0.25) is 0 Å². The summed E-state index contributed by atoms with van der Waals surface area (Å²) in [6, 6.07) is -0.359. The Hall–Kier alpha value is -1.18. The second-order valence-corrected chi connectivity index (χ2v) is 5.37. The SMILES string of the molecule is CCC(N)CC(C(=O)O)C(=O)O.C[N+](C)(C)CCO. The smallest absolute Gasteiger partial charge is 0.317 e. The van der Waals surface area contributed by atoms with Crippen molar-refractivity contribution in [2.75, 3.05) is 34.3 Å². The highest BCUT2D eigenvalue weighted by molar-refractivity contribution is 5.92. The Morgan fingerprint density at radius 2 is 1.58 bits per heavy atom. The zero-order valence-electron chi connectivity index (χ0n) is 12.2. The third-order valence-corrected chi connectivity index (χ3v) is 2.43. The number of carboxylic acid groups (broad SMARTS) is 2. The lowest BCUT2D eigenvalue weighted by Crippen LogP contribution is -2.36. The van der Waals surface area contributed by atoms with E-state index in [-0.39, 0.29) is 19.1 Å². The summed E-state index contributed by atoms with van der Waals surface area (Å²) < 4.78 is 0.844. The van der Waals surface area contributed by atoms with Gasteiger partial charge in [-0.25, -0.2) is 0 Å². The van der Waals surface area contributed by atoms with Crippen molar-refractivity contribution in [3.63, 3.8) is 0 Å². The zero-order chi connectivity index (χ0) is 15.6. The van der Waals surface area contributed by atoms with Gasteiger partial charge in [0.2, 0.25) is 0 Å². The van der Waals surface area contributed by atoms with Crippen molar-refractivity contribution < 1.29 is 29.4 Å². The first-order valence-corrected chi connectivity index (χ1v) is 6.17. The lowest BCUT2D eigenvalue weighted by atomic mass is 9.99. The van der Waals surface area contributed by atoms with Crippen LogP contribution in [0.1, 0.15) is 19.8 Å². The van der Waals surface area contributed by atoms with Gasteiger partial charge in [0.15, 0.2) is 5.92 Å². The first kappa shape index (κ1) is 20.1. The number of hydrogen-bond donors (Lipinski definition) is 4. The molecule has 0 bridgehead atoms. The van der Waals surface area contributed by atoms with Gasteiger partial charge in [0.05, 0.1) is 27.7 Å². The van der Waals surface area contributed by atoms with Gasteiger partial charge in [-0.15, -0.1) is 0 Å². The minimum absolute atomic E-state index is 0.0127. The van der Waals surface area contributed by atoms with Gasteiger partial charge in [0, 0.05) is 6.04 Å². The maximum Gasteiger partial charge on any atom is 0.317 e. The lowest BCUT2D eigenvalue weighted by molar-refractivity contribution is -0.870. The molecule has 0 aromatic heterocycles. The first-order chi connectivity index (χ1) is 8.55. The minimum atomic E-state index is -1.38. The normalized spacial score (nSPS) is 12.6. The minimum Gasteiger partial charge on any atom is -0.481 e. The third-order valence-electron chi connectivity index (χ3n) is 2.43. The van der Waals surface area contributed by atoms with Crippen molar-refractivity contribution in [1.29, 1.82) is 0 Å². The Kier molecular flexibility index (Phi) is 10.3. The van der Waals surface area contributed by atoms with E-state index in [1.165, 1.54) is 0 Å². The van der Waals surface area contributed by atoms with Crippen molar-refractivity contribution in [2.45, 2.75) is 25.8 Å². The highest BCUT2D eigenvalue weighted by Gasteiger charge is 2.27. The maximum absolute atomic E-state index is 10.4. The molecule has 114 valence electrons. The largest absolute Gasteiger partial charge is 0.481 e. The average Bonchev–Trinajstić information content (AvgIpc) is 2.23. The monoisotopic (exact) mass is 279 g/mol. The topological polar surface area (TPSA) is 121 Å². The number of likely N-dealkylation sites (N-methyl/N-ethyl adjacent to an activating group) is 1. The van der Waals surface area contributed by atoms with E-state index in [0.29, 0.717) is 6.42 Å². The van der Waals surface area contributed by atoms with Gasteiger partial charge < -0.3 is 25.5 Å². The Balaban J connectivity index is 0. The zero-order valence-corrected chi connectivity index (χ0v) is 12.2. The van der Waals surface area contributed by atoms with Crippen LogP contribution in [0, 0.1) is 5.92 Å². The molecule has 0 radical (unpaired) electrons. The van der Waals surface area contributed by atoms with Crippen LogP contribution in [0.5, 0.6) is 0 Å². The molecule has 0 aliphatic heterocycles. The Labute approximate surface area is 114 Å². The van der Waals surface area contributed by atoms with E-state index in [0.717, 1.165) is 11.0 Å². The molecule has 0 fully saturated rings. The van der Waals surface area contributed by atoms with Crippen LogP contribution in [0.3, 0.4) is 0 Å². The van der Waals surface area contributed by atoms with E-state index < -0.39 is 17.9 Å². The first-order valence-electron chi connectivity index (χ1n) is 6.17. The van der Waals surface area contributed by atoms with Gasteiger partial charge in [0.25, 0.3) is 0 Å². The van der Waals surface area contributed by atoms with Gasteiger partial charge in [-0.05, 0) is 12.8 Å². The maximum atomic E-state index is 10.4. The van der Waals surface area contributed by atoms with E-state index in [1.54, 1.807) is 6.92 Å². The quantitative estimate of drug-likeness (QED) is 0.371. The molecule has 0 saturated heterocycles. The molecule has 0 aromatic carbocycles. The van der Waals surface area contributed by atoms with Crippen LogP contribution in [0.15, 0.2) is 0 Å². The highest BCUT2D eigenvalue weighted by atomic mass is 16.4. The summed E-state index contributed by atoms with van der Waals surface area (Å²) in [6.07, 6.45) is 0.568. The number of carboxylic acids is 2. The molecule has 1 unspecified atom stereocenters. The number of nitrogens with zero attached hydrogens (tertiary/aromatic N) is 1. The van der Waals surface area contributed by atoms with Gasteiger partial charge in [-0.1, -0.05) is 6.92 Å². The Morgan fingerprint density at radius 1 is 1.16 bits per heavy atom. The Bertz CT molecular complexity index is 262. The summed E-state index contributed by atoms with van der Waals surface area (Å²) in [5.41, 5.74) is 5.42. The van der Waals surface area contributed by atoms with E-state index >= 15 is 0 Å². The van der Waals surface area contributed by atoms with Crippen LogP contribution in [-0.4, -0.2) is 72.1 Å². The van der Waals surface area contributed by atoms with Crippen molar-refractivity contribution in [1.82, 2.24) is 0 Å². The summed E-state index contributed by atoms with van der Waals surface area (Å²) >= 11 is 0. The molecule has 0 saturated carbocycles. The van der Waals surface area contributed by atoms with Crippen LogP contribution in [0.25, 0.3) is 0 Å². The average molecular weight is 279 g/mol. The molecule has 0 rings (SSSR count). The number of hydrogen-bond acceptors (Lipinski definition) is 4. The molecular weight excluding hydrogens is 252 g/mol. The molecule has 0 spiro atoms. The molecule has 19 heavy (non-hydrogen) atoms. The highest BCUT2D eigenvalue weighted by Crippen LogP contribution is 2.08. The van der Waals surface area contributed by atoms with Crippen molar-refractivity contribution in [2.24, 2.45) is 11.7 Å². The number of quaternary nitrogens is 1. The predicted molar refractivity (Wildman–Crippen MR) is 71.6 cm³/mol. The molecule has 0 amide bonds. The molecular formula is C12H27N2O5+. The van der Waals surface area contributed by atoms with E-state index in [1.807, 2.05) is 0 Å². The molecule has 0 aliphatic rings. The number of carbonyl (C=O) groups is 2. The van der Waals surface area contributed by atoms with Gasteiger partial charge in [-0.2, -0.15) is 0 Å². The summed E-state index contributed by atoms with van der Waals surface area (Å²) in [5.74, 6) is -4.03. The van der Waals surface area contributed by atoms with Gasteiger partial charge in [-0.3, -0.25) is 9.59 Å². The van der Waals surface area contributed by atoms with Crippen LogP contribution < -0.4 is 5.73 Å². The summed E-state index contributed by atoms with van der Waals surface area (Å²) in [4.78, 5) is 20.7. The molecule has 0 heterocycles. The van der Waals surface area contributed by atoms with E-state index in [4.69, 9.17) is 21.1 Å². The molecule has 7 nitrogen and oxygen atoms in total.